The van der Waals surface area contributed by atoms with Crippen LogP contribution in [0.1, 0.15) is 5.56 Å². The van der Waals surface area contributed by atoms with Gasteiger partial charge in [-0.3, -0.25) is 0 Å². The molecular weight excluding hydrogens is 238 g/mol. The van der Waals surface area contributed by atoms with Crippen molar-refractivity contribution < 1.29 is 4.74 Å². The smallest absolute Gasteiger partial charge is 0.224 e. The number of nitrogens with one attached hydrogen (secondary N) is 1. The van der Waals surface area contributed by atoms with Gasteiger partial charge in [-0.1, -0.05) is 17.7 Å². The van der Waals surface area contributed by atoms with Crippen molar-refractivity contribution in [3.05, 3.63) is 41.2 Å². The Morgan fingerprint density at radius 3 is 2.82 bits per heavy atom. The zero-order valence-electron chi connectivity index (χ0n) is 9.57. The van der Waals surface area contributed by atoms with E-state index < -0.39 is 0 Å². The zero-order valence-corrected chi connectivity index (χ0v) is 10.3. The highest BCUT2D eigenvalue weighted by atomic mass is 35.5. The Balaban J connectivity index is 2.27. The number of benzene rings is 1. The number of ether oxygens (including phenoxy) is 1. The highest BCUT2D eigenvalue weighted by Gasteiger charge is 2.04. The van der Waals surface area contributed by atoms with E-state index in [0.717, 1.165) is 5.56 Å². The standard InChI is InChI=1S/C12H12ClN3O/c1-8-3-4-9(13)5-10(8)17-12-6-11(14-2)15-7-16-12/h3-7H,1-2H3,(H,14,15,16). The molecule has 88 valence electrons. The Labute approximate surface area is 105 Å². The molecule has 0 saturated heterocycles. The van der Waals surface area contributed by atoms with Gasteiger partial charge >= 0.3 is 0 Å². The van der Waals surface area contributed by atoms with Gasteiger partial charge in [0.25, 0.3) is 0 Å². The second kappa shape index (κ2) is 5.01. The number of rotatable bonds is 3. The maximum Gasteiger partial charge on any atom is 0.224 e. The minimum absolute atomic E-state index is 0.481. The average Bonchev–Trinajstić information content (AvgIpc) is 2.34. The van der Waals surface area contributed by atoms with Crippen molar-refractivity contribution in [2.24, 2.45) is 0 Å². The van der Waals surface area contributed by atoms with Gasteiger partial charge in [0.2, 0.25) is 5.88 Å². The van der Waals surface area contributed by atoms with E-state index in [-0.39, 0.29) is 0 Å². The van der Waals surface area contributed by atoms with Crippen LogP contribution in [0.4, 0.5) is 5.82 Å². The molecule has 2 aromatic rings. The molecule has 1 aromatic carbocycles. The lowest BCUT2D eigenvalue weighted by Crippen LogP contribution is -1.95. The summed E-state index contributed by atoms with van der Waals surface area (Å²) in [6, 6.07) is 7.21. The van der Waals surface area contributed by atoms with E-state index in [1.54, 1.807) is 19.2 Å². The maximum atomic E-state index is 5.92. The van der Waals surface area contributed by atoms with Crippen LogP contribution in [0.3, 0.4) is 0 Å². The fraction of sp³-hybridized carbons (Fsp3) is 0.167. The van der Waals surface area contributed by atoms with E-state index in [0.29, 0.717) is 22.5 Å². The molecule has 0 bridgehead atoms. The molecule has 0 radical (unpaired) electrons. The molecule has 2 rings (SSSR count). The molecule has 17 heavy (non-hydrogen) atoms. The summed E-state index contributed by atoms with van der Waals surface area (Å²) in [6.45, 7) is 1.95. The normalized spacial score (nSPS) is 10.1. The Morgan fingerprint density at radius 2 is 2.06 bits per heavy atom. The fourth-order valence-corrected chi connectivity index (χ4v) is 1.49. The number of nitrogens with zero attached hydrogens (tertiary/aromatic N) is 2. The minimum atomic E-state index is 0.481. The van der Waals surface area contributed by atoms with Crippen molar-refractivity contribution in [1.82, 2.24) is 9.97 Å². The molecule has 5 heteroatoms. The van der Waals surface area contributed by atoms with Crippen LogP contribution < -0.4 is 10.1 Å². The van der Waals surface area contributed by atoms with Crippen LogP contribution in [-0.4, -0.2) is 17.0 Å². The largest absolute Gasteiger partial charge is 0.439 e. The quantitative estimate of drug-likeness (QED) is 0.907. The summed E-state index contributed by atoms with van der Waals surface area (Å²) in [7, 11) is 1.79. The van der Waals surface area contributed by atoms with E-state index in [1.807, 2.05) is 19.1 Å². The Bertz CT molecular complexity index is 531. The summed E-state index contributed by atoms with van der Waals surface area (Å²) in [5.74, 6) is 1.88. The first-order chi connectivity index (χ1) is 8.19. The van der Waals surface area contributed by atoms with Gasteiger partial charge < -0.3 is 10.1 Å². The number of aryl methyl sites for hydroxylation is 1. The number of hydrogen-bond acceptors (Lipinski definition) is 4. The van der Waals surface area contributed by atoms with Gasteiger partial charge in [-0.25, -0.2) is 9.97 Å². The Kier molecular flexibility index (Phi) is 3.44. The van der Waals surface area contributed by atoms with Crippen LogP contribution in [0, 0.1) is 6.92 Å². The topological polar surface area (TPSA) is 47.0 Å². The van der Waals surface area contributed by atoms with E-state index in [2.05, 4.69) is 15.3 Å². The third-order valence-corrected chi connectivity index (χ3v) is 2.50. The predicted molar refractivity (Wildman–Crippen MR) is 67.8 cm³/mol. The van der Waals surface area contributed by atoms with Crippen molar-refractivity contribution in [2.45, 2.75) is 6.92 Å². The highest BCUT2D eigenvalue weighted by molar-refractivity contribution is 6.30. The van der Waals surface area contributed by atoms with Crippen molar-refractivity contribution in [1.29, 1.82) is 0 Å². The van der Waals surface area contributed by atoms with E-state index in [1.165, 1.54) is 6.33 Å². The molecule has 0 aliphatic rings. The molecule has 0 aliphatic heterocycles. The van der Waals surface area contributed by atoms with Crippen molar-refractivity contribution >= 4 is 17.4 Å². The SMILES string of the molecule is CNc1cc(Oc2cc(Cl)ccc2C)ncn1. The molecule has 0 amide bonds. The molecular formula is C12H12ClN3O. The van der Waals surface area contributed by atoms with Crippen molar-refractivity contribution in [3.8, 4) is 11.6 Å². The second-order valence-corrected chi connectivity index (χ2v) is 3.94. The maximum absolute atomic E-state index is 5.92. The summed E-state index contributed by atoms with van der Waals surface area (Å²) in [4.78, 5) is 8.05. The lowest BCUT2D eigenvalue weighted by atomic mass is 10.2. The first kappa shape index (κ1) is 11.7. The molecule has 0 atom stereocenters. The monoisotopic (exact) mass is 249 g/mol. The number of hydrogen-bond donors (Lipinski definition) is 1. The summed E-state index contributed by atoms with van der Waals surface area (Å²) in [6.07, 6.45) is 1.45. The molecule has 0 aliphatic carbocycles. The highest BCUT2D eigenvalue weighted by Crippen LogP contribution is 2.27. The third kappa shape index (κ3) is 2.85. The first-order valence-electron chi connectivity index (χ1n) is 5.13. The predicted octanol–water partition coefficient (Wildman–Crippen LogP) is 3.27. The number of halogens is 1. The number of anilines is 1. The lowest BCUT2D eigenvalue weighted by molar-refractivity contribution is 0.458. The van der Waals surface area contributed by atoms with Gasteiger partial charge in [-0.2, -0.15) is 0 Å². The summed E-state index contributed by atoms with van der Waals surface area (Å²) >= 11 is 5.92. The minimum Gasteiger partial charge on any atom is -0.439 e. The van der Waals surface area contributed by atoms with Gasteiger partial charge in [-0.05, 0) is 24.6 Å². The van der Waals surface area contributed by atoms with E-state index in [9.17, 15) is 0 Å². The molecule has 1 N–H and O–H groups in total. The molecule has 0 spiro atoms. The number of aromatic nitrogens is 2. The van der Waals surface area contributed by atoms with Crippen LogP contribution in [0.25, 0.3) is 0 Å². The Hall–Kier alpha value is -1.81. The first-order valence-corrected chi connectivity index (χ1v) is 5.50. The van der Waals surface area contributed by atoms with Gasteiger partial charge in [-0.15, -0.1) is 0 Å². The third-order valence-electron chi connectivity index (χ3n) is 2.26. The summed E-state index contributed by atoms with van der Waals surface area (Å²) < 4.78 is 5.66. The fourth-order valence-electron chi connectivity index (χ4n) is 1.33. The molecule has 0 saturated carbocycles. The molecule has 1 heterocycles. The van der Waals surface area contributed by atoms with Gasteiger partial charge in [0.05, 0.1) is 0 Å². The summed E-state index contributed by atoms with van der Waals surface area (Å²) in [5, 5.41) is 3.55. The van der Waals surface area contributed by atoms with E-state index >= 15 is 0 Å². The van der Waals surface area contributed by atoms with Crippen molar-refractivity contribution in [2.75, 3.05) is 12.4 Å². The Morgan fingerprint density at radius 1 is 1.24 bits per heavy atom. The molecule has 1 aromatic heterocycles. The van der Waals surface area contributed by atoms with Crippen LogP contribution in [0.5, 0.6) is 11.6 Å². The van der Waals surface area contributed by atoms with Gasteiger partial charge in [0.1, 0.15) is 17.9 Å². The van der Waals surface area contributed by atoms with Gasteiger partial charge in [0.15, 0.2) is 0 Å². The second-order valence-electron chi connectivity index (χ2n) is 3.50. The zero-order chi connectivity index (χ0) is 12.3. The lowest BCUT2D eigenvalue weighted by Gasteiger charge is -2.08. The van der Waals surface area contributed by atoms with Crippen LogP contribution >= 0.6 is 11.6 Å². The van der Waals surface area contributed by atoms with E-state index in [4.69, 9.17) is 16.3 Å². The average molecular weight is 250 g/mol. The molecule has 0 unspecified atom stereocenters. The molecule has 0 fully saturated rings. The molecule has 4 nitrogen and oxygen atoms in total. The van der Waals surface area contributed by atoms with Crippen LogP contribution in [0.15, 0.2) is 30.6 Å². The van der Waals surface area contributed by atoms with Crippen LogP contribution in [0.2, 0.25) is 5.02 Å². The van der Waals surface area contributed by atoms with Crippen LogP contribution in [-0.2, 0) is 0 Å². The summed E-state index contributed by atoms with van der Waals surface area (Å²) in [5.41, 5.74) is 0.999. The van der Waals surface area contributed by atoms with Crippen molar-refractivity contribution in [3.63, 3.8) is 0 Å². The van der Waals surface area contributed by atoms with Gasteiger partial charge in [0, 0.05) is 18.1 Å².